The van der Waals surface area contributed by atoms with Crippen LogP contribution in [0.1, 0.15) is 33.3 Å². The van der Waals surface area contributed by atoms with Crippen molar-refractivity contribution in [2.45, 2.75) is 46.2 Å². The van der Waals surface area contributed by atoms with Crippen molar-refractivity contribution in [3.63, 3.8) is 0 Å². The van der Waals surface area contributed by atoms with Gasteiger partial charge in [-0.2, -0.15) is 0 Å². The molecule has 1 aromatic rings. The van der Waals surface area contributed by atoms with Crippen molar-refractivity contribution in [2.75, 3.05) is 33.3 Å². The van der Waals surface area contributed by atoms with Gasteiger partial charge >= 0.3 is 0 Å². The summed E-state index contributed by atoms with van der Waals surface area (Å²) in [6.07, 6.45) is 0.874. The Balaban J connectivity index is 0.00000338. The molecule has 26 heavy (non-hydrogen) atoms. The van der Waals surface area contributed by atoms with Crippen molar-refractivity contribution in [3.8, 4) is 5.75 Å². The smallest absolute Gasteiger partial charge is 0.191 e. The van der Waals surface area contributed by atoms with E-state index in [1.807, 2.05) is 18.2 Å². The van der Waals surface area contributed by atoms with Gasteiger partial charge in [-0.3, -0.25) is 9.89 Å². The lowest BCUT2D eigenvalue weighted by Gasteiger charge is -2.22. The molecule has 0 aliphatic carbocycles. The minimum atomic E-state index is 0. The number of para-hydroxylation sites is 1. The van der Waals surface area contributed by atoms with Crippen molar-refractivity contribution >= 4 is 29.9 Å². The molecule has 0 amide bonds. The van der Waals surface area contributed by atoms with Gasteiger partial charge in [0.25, 0.3) is 0 Å². The Hall–Kier alpha value is -1.02. The highest BCUT2D eigenvalue weighted by molar-refractivity contribution is 14.0. The highest BCUT2D eigenvalue weighted by Crippen LogP contribution is 2.19. The monoisotopic (exact) mass is 474 g/mol. The molecule has 0 saturated carbocycles. The van der Waals surface area contributed by atoms with Gasteiger partial charge < -0.3 is 15.4 Å². The summed E-state index contributed by atoms with van der Waals surface area (Å²) >= 11 is 0. The van der Waals surface area contributed by atoms with E-state index in [0.717, 1.165) is 44.3 Å². The first-order valence-electron chi connectivity index (χ1n) is 9.45. The Morgan fingerprint density at radius 2 is 2.04 bits per heavy atom. The number of aliphatic imine (C=N–C) groups is 1. The summed E-state index contributed by atoms with van der Waals surface area (Å²) < 4.78 is 5.42. The largest absolute Gasteiger partial charge is 0.496 e. The van der Waals surface area contributed by atoms with Crippen molar-refractivity contribution in [3.05, 3.63) is 29.8 Å². The molecular formula is C20H35IN4O. The van der Waals surface area contributed by atoms with Gasteiger partial charge in [0.15, 0.2) is 5.96 Å². The number of nitrogens with zero attached hydrogens (tertiary/aromatic N) is 2. The molecular weight excluding hydrogens is 439 g/mol. The van der Waals surface area contributed by atoms with Crippen LogP contribution >= 0.6 is 24.0 Å². The Morgan fingerprint density at radius 1 is 1.31 bits per heavy atom. The molecule has 1 fully saturated rings. The molecule has 1 saturated heterocycles. The minimum absolute atomic E-state index is 0. The molecule has 0 aromatic heterocycles. The van der Waals surface area contributed by atoms with E-state index in [2.05, 4.69) is 49.3 Å². The van der Waals surface area contributed by atoms with Crippen molar-refractivity contribution < 1.29 is 4.74 Å². The first-order chi connectivity index (χ1) is 12.0. The second-order valence-electron chi connectivity index (χ2n) is 7.10. The third-order valence-corrected chi connectivity index (χ3v) is 4.88. The number of guanidine groups is 1. The van der Waals surface area contributed by atoms with Crippen LogP contribution in [-0.2, 0) is 6.42 Å². The summed E-state index contributed by atoms with van der Waals surface area (Å²) in [6, 6.07) is 9.20. The SMILES string of the molecule is CCNC(=NCCc1ccccc1OC)NC1CN(C(C)C)CC1C.I. The summed E-state index contributed by atoms with van der Waals surface area (Å²) in [5, 5.41) is 7.01. The van der Waals surface area contributed by atoms with Crippen molar-refractivity contribution in [2.24, 2.45) is 10.9 Å². The van der Waals surface area contributed by atoms with Crippen LogP contribution in [-0.4, -0.2) is 56.2 Å². The van der Waals surface area contributed by atoms with E-state index >= 15 is 0 Å². The highest BCUT2D eigenvalue weighted by Gasteiger charge is 2.31. The van der Waals surface area contributed by atoms with Crippen LogP contribution in [0.15, 0.2) is 29.3 Å². The van der Waals surface area contributed by atoms with Crippen LogP contribution in [0.5, 0.6) is 5.75 Å². The van der Waals surface area contributed by atoms with Crippen molar-refractivity contribution in [1.82, 2.24) is 15.5 Å². The lowest BCUT2D eigenvalue weighted by atomic mass is 10.1. The molecule has 1 heterocycles. The first kappa shape index (κ1) is 23.0. The number of likely N-dealkylation sites (tertiary alicyclic amines) is 1. The molecule has 6 heteroatoms. The van der Waals surface area contributed by atoms with E-state index in [0.29, 0.717) is 18.0 Å². The third-order valence-electron chi connectivity index (χ3n) is 4.88. The summed E-state index contributed by atoms with van der Waals surface area (Å²) in [5.74, 6) is 2.48. The van der Waals surface area contributed by atoms with Crippen molar-refractivity contribution in [1.29, 1.82) is 0 Å². The van der Waals surface area contributed by atoms with Gasteiger partial charge in [0.2, 0.25) is 0 Å². The quantitative estimate of drug-likeness (QED) is 0.362. The lowest BCUT2D eigenvalue weighted by molar-refractivity contribution is 0.265. The minimum Gasteiger partial charge on any atom is -0.496 e. The molecule has 0 bridgehead atoms. The average molecular weight is 474 g/mol. The van der Waals surface area contributed by atoms with Crippen LogP contribution < -0.4 is 15.4 Å². The maximum Gasteiger partial charge on any atom is 0.191 e. The molecule has 5 nitrogen and oxygen atoms in total. The Morgan fingerprint density at radius 3 is 2.65 bits per heavy atom. The molecule has 2 N–H and O–H groups in total. The number of nitrogens with one attached hydrogen (secondary N) is 2. The zero-order chi connectivity index (χ0) is 18.2. The normalized spacial score (nSPS) is 20.8. The van der Waals surface area contributed by atoms with E-state index in [4.69, 9.17) is 9.73 Å². The van der Waals surface area contributed by atoms with Crippen LogP contribution in [0.4, 0.5) is 0 Å². The molecule has 1 aromatic carbocycles. The molecule has 1 aliphatic heterocycles. The molecule has 1 aliphatic rings. The predicted octanol–water partition coefficient (Wildman–Crippen LogP) is 3.14. The van der Waals surface area contributed by atoms with E-state index in [-0.39, 0.29) is 24.0 Å². The number of benzene rings is 1. The summed E-state index contributed by atoms with van der Waals surface area (Å²) in [6.45, 7) is 12.8. The second kappa shape index (κ2) is 11.6. The zero-order valence-corrected chi connectivity index (χ0v) is 19.1. The van der Waals surface area contributed by atoms with E-state index in [9.17, 15) is 0 Å². The van der Waals surface area contributed by atoms with Gasteiger partial charge in [-0.25, -0.2) is 0 Å². The first-order valence-corrected chi connectivity index (χ1v) is 9.45. The number of hydrogen-bond donors (Lipinski definition) is 2. The summed E-state index contributed by atoms with van der Waals surface area (Å²) in [4.78, 5) is 7.30. The Labute approximate surface area is 176 Å². The second-order valence-corrected chi connectivity index (χ2v) is 7.10. The average Bonchev–Trinajstić information content (AvgIpc) is 2.96. The zero-order valence-electron chi connectivity index (χ0n) is 16.8. The number of rotatable bonds is 7. The molecule has 148 valence electrons. The van der Waals surface area contributed by atoms with Gasteiger partial charge in [0.05, 0.1) is 7.11 Å². The number of methoxy groups -OCH3 is 1. The van der Waals surface area contributed by atoms with E-state index in [1.165, 1.54) is 5.56 Å². The fourth-order valence-corrected chi connectivity index (χ4v) is 3.31. The molecule has 2 unspecified atom stereocenters. The molecule has 2 rings (SSSR count). The van der Waals surface area contributed by atoms with Crippen LogP contribution in [0.3, 0.4) is 0 Å². The van der Waals surface area contributed by atoms with Gasteiger partial charge in [-0.1, -0.05) is 25.1 Å². The standard InChI is InChI=1S/C20H34N4O.HI/c1-6-21-20(23-18-14-24(15(2)3)13-16(18)4)22-12-11-17-9-7-8-10-19(17)25-5;/h7-10,15-16,18H,6,11-14H2,1-5H3,(H2,21,22,23);1H. The maximum atomic E-state index is 5.42. The summed E-state index contributed by atoms with van der Waals surface area (Å²) in [5.41, 5.74) is 1.20. The maximum absolute atomic E-state index is 5.42. The number of halogens is 1. The summed E-state index contributed by atoms with van der Waals surface area (Å²) in [7, 11) is 1.72. The van der Waals surface area contributed by atoms with Gasteiger partial charge in [-0.05, 0) is 44.7 Å². The molecule has 0 spiro atoms. The third kappa shape index (κ3) is 6.61. The van der Waals surface area contributed by atoms with E-state index in [1.54, 1.807) is 7.11 Å². The van der Waals surface area contributed by atoms with Crippen LogP contribution in [0.2, 0.25) is 0 Å². The van der Waals surface area contributed by atoms with E-state index < -0.39 is 0 Å². The highest BCUT2D eigenvalue weighted by atomic mass is 127. The van der Waals surface area contributed by atoms with Gasteiger partial charge in [0.1, 0.15) is 5.75 Å². The Kier molecular flexibility index (Phi) is 10.3. The van der Waals surface area contributed by atoms with Crippen LogP contribution in [0, 0.1) is 5.92 Å². The number of hydrogen-bond acceptors (Lipinski definition) is 3. The molecule has 2 atom stereocenters. The van der Waals surface area contributed by atoms with Gasteiger partial charge in [-0.15, -0.1) is 24.0 Å². The topological polar surface area (TPSA) is 48.9 Å². The Bertz CT molecular complexity index is 564. The van der Waals surface area contributed by atoms with Gasteiger partial charge in [0, 0.05) is 38.3 Å². The molecule has 0 radical (unpaired) electrons. The fourth-order valence-electron chi connectivity index (χ4n) is 3.31. The number of ether oxygens (including phenoxy) is 1. The van der Waals surface area contributed by atoms with Crippen LogP contribution in [0.25, 0.3) is 0 Å². The fraction of sp³-hybridized carbons (Fsp3) is 0.650. The lowest BCUT2D eigenvalue weighted by Crippen LogP contribution is -2.47. The predicted molar refractivity (Wildman–Crippen MR) is 121 cm³/mol.